The van der Waals surface area contributed by atoms with Crippen molar-refractivity contribution in [1.29, 1.82) is 0 Å². The van der Waals surface area contributed by atoms with Crippen molar-refractivity contribution in [2.75, 3.05) is 32.7 Å². The second kappa shape index (κ2) is 15.1. The molecule has 3 atom stereocenters. The summed E-state index contributed by atoms with van der Waals surface area (Å²) >= 11 is 12.5. The number of piperidine rings is 1. The van der Waals surface area contributed by atoms with Crippen LogP contribution in [0.4, 0.5) is 0 Å². The van der Waals surface area contributed by atoms with E-state index in [1.54, 1.807) is 6.07 Å². The number of allylic oxidation sites excluding steroid dienone is 1. The van der Waals surface area contributed by atoms with Crippen LogP contribution in [0, 0.1) is 19.8 Å². The zero-order valence-electron chi connectivity index (χ0n) is 25.6. The van der Waals surface area contributed by atoms with E-state index in [9.17, 15) is 9.59 Å². The molecule has 0 saturated carbocycles. The normalized spacial score (nSPS) is 21.1. The first-order chi connectivity index (χ1) is 21.2. The molecule has 2 aliphatic heterocycles. The summed E-state index contributed by atoms with van der Waals surface area (Å²) in [7, 11) is 0. The first kappa shape index (κ1) is 32.8. The Morgan fingerprint density at radius 3 is 2.39 bits per heavy atom. The maximum atomic E-state index is 13.9. The quantitative estimate of drug-likeness (QED) is 0.171. The van der Waals surface area contributed by atoms with Crippen molar-refractivity contribution in [3.8, 4) is 0 Å². The topological polar surface area (TPSA) is 43.9 Å². The molecule has 5 rings (SSSR count). The van der Waals surface area contributed by atoms with E-state index in [-0.39, 0.29) is 33.6 Å². The summed E-state index contributed by atoms with van der Waals surface area (Å²) in [5.74, 6) is 0.689. The first-order valence-corrected chi connectivity index (χ1v) is 18.5. The van der Waals surface area contributed by atoms with E-state index < -0.39 is 0 Å². The van der Waals surface area contributed by atoms with Gasteiger partial charge in [-0.3, -0.25) is 0 Å². The number of likely N-dealkylation sites (tertiary alicyclic amines) is 1. The summed E-state index contributed by atoms with van der Waals surface area (Å²) in [6.45, 7) is 12.5. The Labute approximate surface area is 278 Å². The number of aryl methyl sites for hydroxylation is 2. The van der Waals surface area contributed by atoms with Crippen LogP contribution in [0.2, 0.25) is 20.0 Å². The number of benzene rings is 3. The number of amides is 2. The molecule has 2 fully saturated rings. The van der Waals surface area contributed by atoms with Crippen LogP contribution in [0.5, 0.6) is 0 Å². The van der Waals surface area contributed by atoms with Gasteiger partial charge in [0.1, 0.15) is 0 Å². The molecule has 2 amide bonds. The predicted molar refractivity (Wildman–Crippen MR) is 182 cm³/mol. The molecule has 2 saturated heterocycles. The molecule has 231 valence electrons. The zero-order chi connectivity index (χ0) is 31.2. The van der Waals surface area contributed by atoms with Crippen LogP contribution in [0.25, 0.3) is 0 Å². The third-order valence-corrected chi connectivity index (χ3v) is 12.8. The Balaban J connectivity index is 1.27. The van der Waals surface area contributed by atoms with E-state index in [4.69, 9.17) is 23.2 Å². The number of carbonyl (C=O) groups is 2. The molecule has 0 N–H and O–H groups in total. The molecular weight excluding hydrogens is 652 g/mol. The number of hydrogen-bond donors (Lipinski definition) is 0. The maximum absolute atomic E-state index is 13.9. The van der Waals surface area contributed by atoms with Crippen LogP contribution in [0.1, 0.15) is 51.5 Å². The van der Waals surface area contributed by atoms with Gasteiger partial charge in [-0.15, -0.1) is 0 Å². The third-order valence-electron chi connectivity index (χ3n) is 8.74. The Hall–Kier alpha value is -2.56. The van der Waals surface area contributed by atoms with Gasteiger partial charge in [0.2, 0.25) is 0 Å². The SMILES string of the molecule is C=CCC1CN(Cc2ccccc2)CCC1[As]CC(=O)N1CCN(C(=O)c2cc(C)cc(C)c2)CC1c1ccc(Cl)c(Cl)c1. The van der Waals surface area contributed by atoms with Gasteiger partial charge in [-0.25, -0.2) is 0 Å². The average Bonchev–Trinajstić information content (AvgIpc) is 3.01. The molecule has 0 spiro atoms. The second-order valence-corrected chi connectivity index (χ2v) is 15.7. The molecule has 44 heavy (non-hydrogen) atoms. The Morgan fingerprint density at radius 2 is 1.68 bits per heavy atom. The van der Waals surface area contributed by atoms with Gasteiger partial charge < -0.3 is 0 Å². The molecule has 0 aliphatic carbocycles. The van der Waals surface area contributed by atoms with Crippen LogP contribution in [0.3, 0.4) is 0 Å². The van der Waals surface area contributed by atoms with Gasteiger partial charge in [0.15, 0.2) is 0 Å². The fourth-order valence-corrected chi connectivity index (χ4v) is 9.82. The summed E-state index contributed by atoms with van der Waals surface area (Å²) in [6, 6.07) is 21.9. The molecule has 2 aliphatic rings. The Bertz CT molecular complexity index is 1460. The van der Waals surface area contributed by atoms with E-state index in [2.05, 4.69) is 47.9 Å². The minimum atomic E-state index is -0.279. The van der Waals surface area contributed by atoms with Gasteiger partial charge in [-0.2, -0.15) is 0 Å². The number of piperazine rings is 1. The molecule has 0 bridgehead atoms. The number of carbonyl (C=O) groups excluding carboxylic acids is 2. The van der Waals surface area contributed by atoms with Crippen molar-refractivity contribution in [2.45, 2.75) is 49.2 Å². The molecule has 1 radical (unpaired) electrons. The Kier molecular flexibility index (Phi) is 11.3. The third kappa shape index (κ3) is 8.17. The monoisotopic (exact) mass is 692 g/mol. The van der Waals surface area contributed by atoms with Gasteiger partial charge >= 0.3 is 280 Å². The van der Waals surface area contributed by atoms with Gasteiger partial charge in [-0.1, -0.05) is 0 Å². The Morgan fingerprint density at radius 1 is 0.932 bits per heavy atom. The summed E-state index contributed by atoms with van der Waals surface area (Å²) in [4.78, 5) is 34.0. The van der Waals surface area contributed by atoms with Crippen LogP contribution in [0.15, 0.2) is 79.4 Å². The van der Waals surface area contributed by atoms with Crippen molar-refractivity contribution in [2.24, 2.45) is 5.92 Å². The van der Waals surface area contributed by atoms with Crippen molar-refractivity contribution in [1.82, 2.24) is 14.7 Å². The van der Waals surface area contributed by atoms with Crippen LogP contribution >= 0.6 is 23.2 Å². The molecule has 3 aromatic carbocycles. The van der Waals surface area contributed by atoms with E-state index in [1.807, 2.05) is 54.0 Å². The first-order valence-electron chi connectivity index (χ1n) is 15.4. The van der Waals surface area contributed by atoms with Gasteiger partial charge in [0, 0.05) is 0 Å². The predicted octanol–water partition coefficient (Wildman–Crippen LogP) is 7.65. The van der Waals surface area contributed by atoms with Gasteiger partial charge in [0.05, 0.1) is 0 Å². The van der Waals surface area contributed by atoms with Crippen molar-refractivity contribution < 1.29 is 9.59 Å². The fourth-order valence-electron chi connectivity index (χ4n) is 6.60. The van der Waals surface area contributed by atoms with E-state index in [1.165, 1.54) is 5.56 Å². The molecule has 8 heteroatoms. The van der Waals surface area contributed by atoms with E-state index >= 15 is 0 Å². The van der Waals surface area contributed by atoms with Gasteiger partial charge in [0.25, 0.3) is 0 Å². The van der Waals surface area contributed by atoms with Crippen molar-refractivity contribution in [3.05, 3.63) is 117 Å². The minimum absolute atomic E-state index is 0.00480. The van der Waals surface area contributed by atoms with Gasteiger partial charge in [-0.05, 0) is 0 Å². The second-order valence-electron chi connectivity index (χ2n) is 12.1. The fraction of sp³-hybridized carbons (Fsp3) is 0.389. The van der Waals surface area contributed by atoms with Crippen LogP contribution in [-0.4, -0.2) is 75.0 Å². The molecule has 2 heterocycles. The van der Waals surface area contributed by atoms with Crippen molar-refractivity contribution >= 4 is 50.8 Å². The van der Waals surface area contributed by atoms with Crippen molar-refractivity contribution in [3.63, 3.8) is 0 Å². The number of halogens is 2. The summed E-state index contributed by atoms with van der Waals surface area (Å²) < 4.78 is 0.566. The summed E-state index contributed by atoms with van der Waals surface area (Å²) in [5, 5.41) is 1.51. The molecule has 3 unspecified atom stereocenters. The number of rotatable bonds is 9. The molecule has 0 aromatic heterocycles. The summed E-state index contributed by atoms with van der Waals surface area (Å²) in [5.41, 5.74) is 5.06. The average molecular weight is 694 g/mol. The molecule has 3 aromatic rings. The zero-order valence-corrected chi connectivity index (χ0v) is 29.0. The van der Waals surface area contributed by atoms with Crippen LogP contribution in [-0.2, 0) is 11.3 Å². The standard InChI is InChI=1S/C36H41AsCl2N3O2/c1-4-8-29-23-40(22-27-9-6-5-7-10-27)14-13-31(29)37-21-35(43)42-16-15-41(36(44)30-18-25(2)17-26(3)19-30)24-34(42)28-11-12-32(38)33(39)20-28/h4-7,9-12,17-20,29,31,34H,1,8,13-16,21-24H2,2-3H3. The van der Waals surface area contributed by atoms with E-state index in [0.29, 0.717) is 51.1 Å². The number of nitrogens with zero attached hydrogens (tertiary/aromatic N) is 3. The number of hydrogen-bond acceptors (Lipinski definition) is 3. The van der Waals surface area contributed by atoms with Crippen LogP contribution < -0.4 is 0 Å². The van der Waals surface area contributed by atoms with E-state index in [0.717, 1.165) is 49.2 Å². The summed E-state index contributed by atoms with van der Waals surface area (Å²) in [6.07, 6.45) is 4.14. The molecule has 5 nitrogen and oxygen atoms in total. The molecular formula is C36H41AsCl2N3O2.